The number of hydrogen-bond acceptors (Lipinski definition) is 3. The lowest BCUT2D eigenvalue weighted by Gasteiger charge is -2.37. The third-order valence-electron chi connectivity index (χ3n) is 4.91. The average molecular weight is 271 g/mol. The Bertz CT molecular complexity index is 543. The van der Waals surface area contributed by atoms with Gasteiger partial charge < -0.3 is 10.2 Å². The number of piperazine rings is 1. The Morgan fingerprint density at radius 1 is 1.25 bits per heavy atom. The topological polar surface area (TPSA) is 35.6 Å². The lowest BCUT2D eigenvalue weighted by molar-refractivity contribution is -0.130. The highest BCUT2D eigenvalue weighted by Gasteiger charge is 2.35. The number of anilines is 1. The summed E-state index contributed by atoms with van der Waals surface area (Å²) < 4.78 is 0. The molecule has 1 aromatic carbocycles. The summed E-state index contributed by atoms with van der Waals surface area (Å²) in [5.41, 5.74) is 4.23. The van der Waals surface area contributed by atoms with Crippen molar-refractivity contribution in [1.82, 2.24) is 9.80 Å². The van der Waals surface area contributed by atoms with E-state index in [1.54, 1.807) is 0 Å². The van der Waals surface area contributed by atoms with Crippen LogP contribution in [0.4, 0.5) is 5.69 Å². The molecule has 1 unspecified atom stereocenters. The van der Waals surface area contributed by atoms with Crippen molar-refractivity contribution in [2.75, 3.05) is 31.5 Å². The second-order valence-corrected chi connectivity index (χ2v) is 6.14. The Kier molecular flexibility index (Phi) is 2.91. The molecule has 2 saturated heterocycles. The highest BCUT2D eigenvalue weighted by atomic mass is 16.2. The molecule has 4 nitrogen and oxygen atoms in total. The summed E-state index contributed by atoms with van der Waals surface area (Å²) in [5, 5.41) is 3.52. The number of benzene rings is 1. The fraction of sp³-hybridized carbons (Fsp3) is 0.562. The van der Waals surface area contributed by atoms with Gasteiger partial charge in [0, 0.05) is 50.9 Å². The molecule has 3 aliphatic heterocycles. The predicted molar refractivity (Wildman–Crippen MR) is 78.6 cm³/mol. The van der Waals surface area contributed by atoms with Gasteiger partial charge in [-0.3, -0.25) is 9.69 Å². The highest BCUT2D eigenvalue weighted by Crippen LogP contribution is 2.29. The third-order valence-corrected chi connectivity index (χ3v) is 4.91. The number of carbonyl (C=O) groups is 1. The van der Waals surface area contributed by atoms with E-state index in [1.165, 1.54) is 16.8 Å². The molecule has 1 N–H and O–H groups in total. The van der Waals surface area contributed by atoms with Crippen molar-refractivity contribution in [1.29, 1.82) is 0 Å². The summed E-state index contributed by atoms with van der Waals surface area (Å²) in [5.74, 6) is 0.358. The Morgan fingerprint density at radius 2 is 2.20 bits per heavy atom. The summed E-state index contributed by atoms with van der Waals surface area (Å²) in [7, 11) is 0. The molecular weight excluding hydrogens is 250 g/mol. The van der Waals surface area contributed by atoms with E-state index in [9.17, 15) is 4.79 Å². The van der Waals surface area contributed by atoms with Crippen LogP contribution < -0.4 is 5.32 Å². The largest absolute Gasteiger partial charge is 0.384 e. The maximum absolute atomic E-state index is 11.7. The quantitative estimate of drug-likeness (QED) is 0.884. The first-order chi connectivity index (χ1) is 9.81. The van der Waals surface area contributed by atoms with Gasteiger partial charge in [-0.15, -0.1) is 0 Å². The Balaban J connectivity index is 1.48. The van der Waals surface area contributed by atoms with Gasteiger partial charge in [-0.05, 0) is 24.0 Å². The van der Waals surface area contributed by atoms with Crippen molar-refractivity contribution in [3.8, 4) is 0 Å². The first kappa shape index (κ1) is 12.2. The van der Waals surface area contributed by atoms with Crippen LogP contribution in [-0.2, 0) is 17.8 Å². The van der Waals surface area contributed by atoms with E-state index in [4.69, 9.17) is 0 Å². The van der Waals surface area contributed by atoms with Crippen LogP contribution in [0.25, 0.3) is 0 Å². The number of rotatable bonds is 2. The van der Waals surface area contributed by atoms with Gasteiger partial charge in [-0.2, -0.15) is 0 Å². The molecule has 1 aromatic rings. The number of amides is 1. The summed E-state index contributed by atoms with van der Waals surface area (Å²) in [6, 6.07) is 7.10. The van der Waals surface area contributed by atoms with Gasteiger partial charge in [-0.25, -0.2) is 0 Å². The average Bonchev–Trinajstić information content (AvgIpc) is 3.07. The van der Waals surface area contributed by atoms with Crippen LogP contribution in [0.2, 0.25) is 0 Å². The number of para-hydroxylation sites is 1. The van der Waals surface area contributed by atoms with Gasteiger partial charge in [0.2, 0.25) is 5.91 Å². The number of hydrogen-bond donors (Lipinski definition) is 1. The fourth-order valence-corrected chi connectivity index (χ4v) is 3.86. The zero-order valence-corrected chi connectivity index (χ0v) is 11.8. The van der Waals surface area contributed by atoms with Crippen molar-refractivity contribution in [3.05, 3.63) is 29.3 Å². The standard InChI is InChI=1S/C16H21N3O/c20-15-5-4-14-11-18(8-9-19(14)15)10-13-3-1-2-12-6-7-17-16(12)13/h1-3,14,17H,4-11H2. The maximum Gasteiger partial charge on any atom is 0.222 e. The number of carbonyl (C=O) groups excluding carboxylic acids is 1. The first-order valence-electron chi connectivity index (χ1n) is 7.68. The lowest BCUT2D eigenvalue weighted by atomic mass is 10.1. The van der Waals surface area contributed by atoms with Gasteiger partial charge in [0.15, 0.2) is 0 Å². The molecule has 106 valence electrons. The number of nitrogens with zero attached hydrogens (tertiary/aromatic N) is 2. The Labute approximate surface area is 119 Å². The molecule has 2 fully saturated rings. The third kappa shape index (κ3) is 1.99. The minimum Gasteiger partial charge on any atom is -0.384 e. The van der Waals surface area contributed by atoms with Crippen molar-refractivity contribution in [2.24, 2.45) is 0 Å². The second kappa shape index (κ2) is 4.77. The minimum absolute atomic E-state index is 0.358. The van der Waals surface area contributed by atoms with Gasteiger partial charge in [0.1, 0.15) is 0 Å². The molecule has 20 heavy (non-hydrogen) atoms. The van der Waals surface area contributed by atoms with E-state index in [0.29, 0.717) is 11.9 Å². The molecule has 0 spiro atoms. The van der Waals surface area contributed by atoms with Crippen molar-refractivity contribution >= 4 is 11.6 Å². The van der Waals surface area contributed by atoms with Gasteiger partial charge >= 0.3 is 0 Å². The van der Waals surface area contributed by atoms with Crippen LogP contribution >= 0.6 is 0 Å². The van der Waals surface area contributed by atoms with Crippen LogP contribution in [0.3, 0.4) is 0 Å². The van der Waals surface area contributed by atoms with Crippen molar-refractivity contribution in [2.45, 2.75) is 31.8 Å². The van der Waals surface area contributed by atoms with Crippen LogP contribution in [0.15, 0.2) is 18.2 Å². The molecule has 3 heterocycles. The summed E-state index contributed by atoms with van der Waals surface area (Å²) >= 11 is 0. The van der Waals surface area contributed by atoms with Crippen LogP contribution in [0.5, 0.6) is 0 Å². The molecule has 0 aliphatic carbocycles. The van der Waals surface area contributed by atoms with Gasteiger partial charge in [0.05, 0.1) is 0 Å². The molecular formula is C16H21N3O. The van der Waals surface area contributed by atoms with Crippen LogP contribution in [0.1, 0.15) is 24.0 Å². The van der Waals surface area contributed by atoms with E-state index >= 15 is 0 Å². The number of fused-ring (bicyclic) bond motifs is 2. The van der Waals surface area contributed by atoms with Crippen molar-refractivity contribution < 1.29 is 4.79 Å². The zero-order chi connectivity index (χ0) is 13.5. The Hall–Kier alpha value is -1.55. The molecule has 1 amide bonds. The van der Waals surface area contributed by atoms with Gasteiger partial charge in [-0.1, -0.05) is 18.2 Å². The summed E-state index contributed by atoms with van der Waals surface area (Å²) in [6.07, 6.45) is 2.94. The zero-order valence-electron chi connectivity index (χ0n) is 11.8. The van der Waals surface area contributed by atoms with E-state index < -0.39 is 0 Å². The molecule has 4 heteroatoms. The smallest absolute Gasteiger partial charge is 0.222 e. The summed E-state index contributed by atoms with van der Waals surface area (Å²) in [6.45, 7) is 5.03. The lowest BCUT2D eigenvalue weighted by Crippen LogP contribution is -2.50. The monoisotopic (exact) mass is 271 g/mol. The molecule has 0 aromatic heterocycles. The normalized spacial score (nSPS) is 25.5. The molecule has 3 aliphatic rings. The molecule has 0 bridgehead atoms. The van der Waals surface area contributed by atoms with E-state index in [1.807, 2.05) is 0 Å². The Morgan fingerprint density at radius 3 is 3.15 bits per heavy atom. The number of nitrogens with one attached hydrogen (secondary N) is 1. The fourth-order valence-electron chi connectivity index (χ4n) is 3.86. The van der Waals surface area contributed by atoms with Crippen LogP contribution in [0, 0.1) is 0 Å². The molecule has 1 atom stereocenters. The molecule has 0 radical (unpaired) electrons. The summed E-state index contributed by atoms with van der Waals surface area (Å²) in [4.78, 5) is 16.3. The van der Waals surface area contributed by atoms with E-state index in [2.05, 4.69) is 33.3 Å². The second-order valence-electron chi connectivity index (χ2n) is 6.14. The SMILES string of the molecule is O=C1CCC2CN(Cc3cccc4c3NCC4)CCN12. The van der Waals surface area contributed by atoms with E-state index in [0.717, 1.165) is 52.0 Å². The maximum atomic E-state index is 11.7. The van der Waals surface area contributed by atoms with Gasteiger partial charge in [0.25, 0.3) is 0 Å². The first-order valence-corrected chi connectivity index (χ1v) is 7.68. The van der Waals surface area contributed by atoms with E-state index in [-0.39, 0.29) is 0 Å². The van der Waals surface area contributed by atoms with Crippen LogP contribution in [-0.4, -0.2) is 47.9 Å². The van der Waals surface area contributed by atoms with Crippen molar-refractivity contribution in [3.63, 3.8) is 0 Å². The molecule has 4 rings (SSSR count). The predicted octanol–water partition coefficient (Wildman–Crippen LogP) is 1.46. The molecule has 0 saturated carbocycles. The minimum atomic E-state index is 0.358. The highest BCUT2D eigenvalue weighted by molar-refractivity contribution is 5.79.